The highest BCUT2D eigenvalue weighted by Gasteiger charge is 2.23. The van der Waals surface area contributed by atoms with Gasteiger partial charge in [0.25, 0.3) is 0 Å². The van der Waals surface area contributed by atoms with Gasteiger partial charge >= 0.3 is 6.01 Å². The molecule has 1 fully saturated rings. The van der Waals surface area contributed by atoms with Gasteiger partial charge in [-0.1, -0.05) is 0 Å². The van der Waals surface area contributed by atoms with Crippen molar-refractivity contribution in [1.29, 1.82) is 0 Å². The van der Waals surface area contributed by atoms with E-state index in [1.165, 1.54) is 14.2 Å². The molecule has 1 aliphatic carbocycles. The number of aliphatic hydroxyl groups is 1. The van der Waals surface area contributed by atoms with Crippen molar-refractivity contribution in [3.05, 3.63) is 6.07 Å². The van der Waals surface area contributed by atoms with Gasteiger partial charge in [-0.05, 0) is 31.6 Å². The summed E-state index contributed by atoms with van der Waals surface area (Å²) < 4.78 is 15.9. The van der Waals surface area contributed by atoms with E-state index in [1.54, 1.807) is 6.07 Å². The topological polar surface area (TPSA) is 73.7 Å². The first-order valence-corrected chi connectivity index (χ1v) is 6.49. The van der Waals surface area contributed by atoms with Crippen LogP contribution in [0, 0.1) is 5.92 Å². The Morgan fingerprint density at radius 3 is 2.16 bits per heavy atom. The predicted octanol–water partition coefficient (Wildman–Crippen LogP) is 1.42. The van der Waals surface area contributed by atoms with E-state index >= 15 is 0 Å². The van der Waals surface area contributed by atoms with Gasteiger partial charge in [0.15, 0.2) is 0 Å². The highest BCUT2D eigenvalue weighted by atomic mass is 16.5. The average Bonchev–Trinajstić information content (AvgIpc) is 2.47. The van der Waals surface area contributed by atoms with Gasteiger partial charge in [-0.2, -0.15) is 9.97 Å². The lowest BCUT2D eigenvalue weighted by molar-refractivity contribution is 0.0953. The smallest absolute Gasteiger partial charge is 0.323 e. The van der Waals surface area contributed by atoms with Crippen LogP contribution in [-0.2, 0) is 0 Å². The van der Waals surface area contributed by atoms with Crippen LogP contribution in [0.15, 0.2) is 6.07 Å². The molecule has 1 aliphatic rings. The van der Waals surface area contributed by atoms with Crippen LogP contribution >= 0.6 is 0 Å². The second kappa shape index (κ2) is 6.56. The lowest BCUT2D eigenvalue weighted by Gasteiger charge is -2.27. The summed E-state index contributed by atoms with van der Waals surface area (Å²) in [6, 6.07) is 1.89. The molecule has 1 aromatic heterocycles. The Labute approximate surface area is 112 Å². The molecule has 0 radical (unpaired) electrons. The highest BCUT2D eigenvalue weighted by Crippen LogP contribution is 2.27. The van der Waals surface area contributed by atoms with E-state index in [0.29, 0.717) is 17.7 Å². The zero-order chi connectivity index (χ0) is 13.7. The molecule has 0 aliphatic heterocycles. The van der Waals surface area contributed by atoms with Crippen LogP contribution in [0.2, 0.25) is 0 Å². The Morgan fingerprint density at radius 1 is 1.11 bits per heavy atom. The molecule has 0 aromatic carbocycles. The number of methoxy groups -OCH3 is 2. The number of ether oxygens (including phenoxy) is 3. The molecular formula is C13H20N2O4. The predicted molar refractivity (Wildman–Crippen MR) is 68.6 cm³/mol. The van der Waals surface area contributed by atoms with Crippen LogP contribution in [-0.4, -0.2) is 42.0 Å². The standard InChI is InChI=1S/C13H20N2O4/c1-17-11-7-12(18-2)15-13(14-11)19-10-5-3-9(8-16)4-6-10/h7,9-10,16H,3-6,8H2,1-2H3. The lowest BCUT2D eigenvalue weighted by Crippen LogP contribution is -2.26. The zero-order valence-corrected chi connectivity index (χ0v) is 11.3. The van der Waals surface area contributed by atoms with Crippen molar-refractivity contribution in [2.75, 3.05) is 20.8 Å². The van der Waals surface area contributed by atoms with Gasteiger partial charge in [-0.3, -0.25) is 0 Å². The second-order valence-corrected chi connectivity index (χ2v) is 4.68. The summed E-state index contributed by atoms with van der Waals surface area (Å²) in [5.74, 6) is 1.25. The molecule has 6 nitrogen and oxygen atoms in total. The van der Waals surface area contributed by atoms with Gasteiger partial charge in [0.05, 0.1) is 20.3 Å². The van der Waals surface area contributed by atoms with Gasteiger partial charge in [0, 0.05) is 6.61 Å². The van der Waals surface area contributed by atoms with Crippen LogP contribution in [0.5, 0.6) is 17.8 Å². The summed E-state index contributed by atoms with van der Waals surface area (Å²) in [7, 11) is 3.08. The molecule has 1 aromatic rings. The molecule has 0 bridgehead atoms. The first-order chi connectivity index (χ1) is 9.25. The Bertz CT molecular complexity index is 383. The molecule has 6 heteroatoms. The van der Waals surface area contributed by atoms with Crippen molar-refractivity contribution in [2.24, 2.45) is 5.92 Å². The first-order valence-electron chi connectivity index (χ1n) is 6.49. The fourth-order valence-corrected chi connectivity index (χ4v) is 2.23. The molecule has 19 heavy (non-hydrogen) atoms. The van der Waals surface area contributed by atoms with E-state index in [4.69, 9.17) is 19.3 Å². The third-order valence-corrected chi connectivity index (χ3v) is 3.40. The Kier molecular flexibility index (Phi) is 4.79. The molecule has 2 rings (SSSR count). The van der Waals surface area contributed by atoms with Crippen molar-refractivity contribution >= 4 is 0 Å². The van der Waals surface area contributed by atoms with Gasteiger partial charge < -0.3 is 19.3 Å². The van der Waals surface area contributed by atoms with Gasteiger partial charge in [-0.25, -0.2) is 0 Å². The van der Waals surface area contributed by atoms with E-state index in [9.17, 15) is 0 Å². The van der Waals surface area contributed by atoms with E-state index in [0.717, 1.165) is 25.7 Å². The van der Waals surface area contributed by atoms with Crippen molar-refractivity contribution in [3.8, 4) is 17.8 Å². The summed E-state index contributed by atoms with van der Waals surface area (Å²) in [6.45, 7) is 0.260. The van der Waals surface area contributed by atoms with Crippen molar-refractivity contribution in [2.45, 2.75) is 31.8 Å². The summed E-state index contributed by atoms with van der Waals surface area (Å²) in [5.41, 5.74) is 0. The number of hydrogen-bond acceptors (Lipinski definition) is 6. The summed E-state index contributed by atoms with van der Waals surface area (Å²) in [5, 5.41) is 9.11. The molecular weight excluding hydrogens is 248 g/mol. The third-order valence-electron chi connectivity index (χ3n) is 3.40. The van der Waals surface area contributed by atoms with Gasteiger partial charge in [-0.15, -0.1) is 0 Å². The Morgan fingerprint density at radius 2 is 1.68 bits per heavy atom. The molecule has 106 valence electrons. The zero-order valence-electron chi connectivity index (χ0n) is 11.3. The molecule has 0 spiro atoms. The van der Waals surface area contributed by atoms with Crippen molar-refractivity contribution in [3.63, 3.8) is 0 Å². The van der Waals surface area contributed by atoms with Crippen LogP contribution < -0.4 is 14.2 Å². The fraction of sp³-hybridized carbons (Fsp3) is 0.692. The minimum absolute atomic E-state index is 0.0969. The maximum atomic E-state index is 9.11. The minimum Gasteiger partial charge on any atom is -0.481 e. The average molecular weight is 268 g/mol. The summed E-state index contributed by atoms with van der Waals surface area (Å²) in [6.07, 6.45) is 3.87. The maximum Gasteiger partial charge on any atom is 0.323 e. The molecule has 1 heterocycles. The Balaban J connectivity index is 1.99. The SMILES string of the molecule is COc1cc(OC)nc(OC2CCC(CO)CC2)n1. The fourth-order valence-electron chi connectivity index (χ4n) is 2.23. The maximum absolute atomic E-state index is 9.11. The summed E-state index contributed by atoms with van der Waals surface area (Å²) in [4.78, 5) is 8.30. The number of rotatable bonds is 5. The van der Waals surface area contributed by atoms with Gasteiger partial charge in [0.2, 0.25) is 11.8 Å². The molecule has 0 amide bonds. The molecule has 1 saturated carbocycles. The van der Waals surface area contributed by atoms with Crippen LogP contribution in [0.1, 0.15) is 25.7 Å². The normalized spacial score (nSPS) is 22.9. The van der Waals surface area contributed by atoms with Gasteiger partial charge in [0.1, 0.15) is 6.10 Å². The highest BCUT2D eigenvalue weighted by molar-refractivity contribution is 5.22. The number of aromatic nitrogens is 2. The molecule has 0 atom stereocenters. The van der Waals surface area contributed by atoms with Crippen LogP contribution in [0.4, 0.5) is 0 Å². The first kappa shape index (κ1) is 13.9. The number of nitrogens with zero attached hydrogens (tertiary/aromatic N) is 2. The quantitative estimate of drug-likeness (QED) is 0.870. The molecule has 0 saturated heterocycles. The lowest BCUT2D eigenvalue weighted by atomic mass is 9.88. The number of hydrogen-bond donors (Lipinski definition) is 1. The van der Waals surface area contributed by atoms with Crippen molar-refractivity contribution < 1.29 is 19.3 Å². The molecule has 0 unspecified atom stereocenters. The van der Waals surface area contributed by atoms with E-state index in [2.05, 4.69) is 9.97 Å². The van der Waals surface area contributed by atoms with Crippen molar-refractivity contribution in [1.82, 2.24) is 9.97 Å². The Hall–Kier alpha value is -1.56. The summed E-state index contributed by atoms with van der Waals surface area (Å²) >= 11 is 0. The van der Waals surface area contributed by atoms with E-state index < -0.39 is 0 Å². The monoisotopic (exact) mass is 268 g/mol. The largest absolute Gasteiger partial charge is 0.481 e. The van der Waals surface area contributed by atoms with Crippen LogP contribution in [0.3, 0.4) is 0 Å². The molecule has 1 N–H and O–H groups in total. The number of aliphatic hydroxyl groups excluding tert-OH is 1. The second-order valence-electron chi connectivity index (χ2n) is 4.68. The van der Waals surface area contributed by atoms with Crippen LogP contribution in [0.25, 0.3) is 0 Å². The minimum atomic E-state index is 0.0969. The van der Waals surface area contributed by atoms with E-state index in [1.807, 2.05) is 0 Å². The van der Waals surface area contributed by atoms with E-state index in [-0.39, 0.29) is 18.7 Å². The third kappa shape index (κ3) is 3.70.